The molecule has 144 valence electrons. The molecule has 6 heteroatoms. The van der Waals surface area contributed by atoms with Gasteiger partial charge in [-0.1, -0.05) is 44.0 Å². The van der Waals surface area contributed by atoms with E-state index in [4.69, 9.17) is 0 Å². The third-order valence-electron chi connectivity index (χ3n) is 6.06. The molecule has 0 radical (unpaired) electrons. The van der Waals surface area contributed by atoms with Gasteiger partial charge in [-0.2, -0.15) is 0 Å². The third kappa shape index (κ3) is 3.03. The zero-order chi connectivity index (χ0) is 19.4. The van der Waals surface area contributed by atoms with Crippen LogP contribution in [0.1, 0.15) is 23.2 Å². The summed E-state index contributed by atoms with van der Waals surface area (Å²) in [7, 11) is 4.49. The standard InChI is InChI=1S/C22H22Br2N4/c1-27-11-22(18-10-26-20-8-14(24)4-6-16(18)20)28(2)12-21(27)17-9-25-19-7-13(23)3-5-15(17)19/h3-10,21-22,25-26H,11-12H2,1-2H3. The number of benzene rings is 2. The summed E-state index contributed by atoms with van der Waals surface area (Å²) in [6.07, 6.45) is 4.35. The van der Waals surface area contributed by atoms with Crippen molar-refractivity contribution in [1.82, 2.24) is 19.8 Å². The molecule has 2 aromatic heterocycles. The SMILES string of the molecule is CN1CC(c2c[nH]c3cc(Br)ccc23)N(C)CC1c1c[nH]c2cc(Br)ccc12. The van der Waals surface area contributed by atoms with Crippen LogP contribution in [0, 0.1) is 0 Å². The summed E-state index contributed by atoms with van der Waals surface area (Å²) in [4.78, 5) is 11.9. The number of piperazine rings is 1. The Morgan fingerprint density at radius 3 is 1.61 bits per heavy atom. The molecule has 2 N–H and O–H groups in total. The van der Waals surface area contributed by atoms with Crippen LogP contribution in [0.25, 0.3) is 21.8 Å². The molecular formula is C22H22Br2N4. The van der Waals surface area contributed by atoms with E-state index in [-0.39, 0.29) is 0 Å². The maximum Gasteiger partial charge on any atom is 0.0494 e. The lowest BCUT2D eigenvalue weighted by Gasteiger charge is -2.43. The summed E-state index contributed by atoms with van der Waals surface area (Å²) in [6, 6.07) is 13.7. The first-order valence-electron chi connectivity index (χ1n) is 9.45. The van der Waals surface area contributed by atoms with E-state index >= 15 is 0 Å². The van der Waals surface area contributed by atoms with Crippen molar-refractivity contribution in [3.05, 3.63) is 68.9 Å². The lowest BCUT2D eigenvalue weighted by Crippen LogP contribution is -2.46. The molecule has 4 aromatic rings. The van der Waals surface area contributed by atoms with E-state index in [1.54, 1.807) is 0 Å². The number of likely N-dealkylation sites (N-methyl/N-ethyl adjacent to an activating group) is 2. The lowest BCUT2D eigenvalue weighted by molar-refractivity contribution is 0.0636. The van der Waals surface area contributed by atoms with Gasteiger partial charge in [-0.15, -0.1) is 0 Å². The Labute approximate surface area is 181 Å². The maximum absolute atomic E-state index is 3.57. The summed E-state index contributed by atoms with van der Waals surface area (Å²) >= 11 is 7.14. The molecule has 2 atom stereocenters. The molecule has 2 aromatic carbocycles. The summed E-state index contributed by atoms with van der Waals surface area (Å²) < 4.78 is 2.21. The fraction of sp³-hybridized carbons (Fsp3) is 0.273. The van der Waals surface area contributed by atoms with Crippen LogP contribution in [-0.2, 0) is 0 Å². The highest BCUT2D eigenvalue weighted by atomic mass is 79.9. The van der Waals surface area contributed by atoms with Gasteiger partial charge < -0.3 is 9.97 Å². The van der Waals surface area contributed by atoms with E-state index < -0.39 is 0 Å². The molecule has 2 unspecified atom stereocenters. The van der Waals surface area contributed by atoms with Gasteiger partial charge in [0.05, 0.1) is 0 Å². The van der Waals surface area contributed by atoms with Crippen molar-refractivity contribution >= 4 is 53.7 Å². The van der Waals surface area contributed by atoms with Crippen molar-refractivity contribution in [2.75, 3.05) is 27.2 Å². The molecule has 5 rings (SSSR count). The van der Waals surface area contributed by atoms with Crippen molar-refractivity contribution in [2.24, 2.45) is 0 Å². The molecule has 0 saturated carbocycles. The number of fused-ring (bicyclic) bond motifs is 2. The largest absolute Gasteiger partial charge is 0.361 e. The Morgan fingerprint density at radius 1 is 0.750 bits per heavy atom. The minimum absolute atomic E-state index is 0.371. The molecule has 4 nitrogen and oxygen atoms in total. The fourth-order valence-corrected chi connectivity index (χ4v) is 5.27. The quantitative estimate of drug-likeness (QED) is 0.362. The van der Waals surface area contributed by atoms with Crippen LogP contribution in [0.5, 0.6) is 0 Å². The van der Waals surface area contributed by atoms with E-state index in [1.165, 1.54) is 32.9 Å². The van der Waals surface area contributed by atoms with Crippen LogP contribution in [-0.4, -0.2) is 47.0 Å². The zero-order valence-electron chi connectivity index (χ0n) is 15.8. The number of hydrogen-bond donors (Lipinski definition) is 2. The van der Waals surface area contributed by atoms with Gasteiger partial charge in [-0.3, -0.25) is 9.80 Å². The highest BCUT2D eigenvalue weighted by Gasteiger charge is 2.33. The van der Waals surface area contributed by atoms with E-state index in [9.17, 15) is 0 Å². The molecule has 1 fully saturated rings. The van der Waals surface area contributed by atoms with Crippen molar-refractivity contribution in [2.45, 2.75) is 12.1 Å². The fourth-order valence-electron chi connectivity index (χ4n) is 4.54. The number of rotatable bonds is 2. The minimum atomic E-state index is 0.371. The van der Waals surface area contributed by atoms with Crippen LogP contribution in [0.4, 0.5) is 0 Å². The second-order valence-electron chi connectivity index (χ2n) is 7.78. The average molecular weight is 502 g/mol. The molecule has 0 amide bonds. The number of nitrogens with zero attached hydrogens (tertiary/aromatic N) is 2. The van der Waals surface area contributed by atoms with Gasteiger partial charge in [0, 0.05) is 68.3 Å². The molecule has 0 bridgehead atoms. The summed E-state index contributed by atoms with van der Waals surface area (Å²) in [5.41, 5.74) is 5.12. The highest BCUT2D eigenvalue weighted by molar-refractivity contribution is 9.10. The van der Waals surface area contributed by atoms with E-state index in [1.807, 2.05) is 0 Å². The van der Waals surface area contributed by atoms with Gasteiger partial charge in [-0.05, 0) is 49.5 Å². The van der Waals surface area contributed by atoms with Gasteiger partial charge in [0.15, 0.2) is 0 Å². The summed E-state index contributed by atoms with van der Waals surface area (Å²) in [5.74, 6) is 0. The van der Waals surface area contributed by atoms with Crippen molar-refractivity contribution in [3.8, 4) is 0 Å². The van der Waals surface area contributed by atoms with Gasteiger partial charge in [0.2, 0.25) is 0 Å². The van der Waals surface area contributed by atoms with Crippen LogP contribution in [0.2, 0.25) is 0 Å². The summed E-state index contributed by atoms with van der Waals surface area (Å²) in [5, 5.41) is 2.62. The molecule has 1 aliphatic heterocycles. The van der Waals surface area contributed by atoms with E-state index in [0.29, 0.717) is 12.1 Å². The molecule has 0 aliphatic carbocycles. The number of nitrogens with one attached hydrogen (secondary N) is 2. The first-order chi connectivity index (χ1) is 13.5. The minimum Gasteiger partial charge on any atom is -0.361 e. The second kappa shape index (κ2) is 7.02. The normalized spacial score (nSPS) is 21.7. The Bertz CT molecular complexity index is 1070. The van der Waals surface area contributed by atoms with Crippen LogP contribution >= 0.6 is 31.9 Å². The number of aromatic nitrogens is 2. The van der Waals surface area contributed by atoms with Crippen molar-refractivity contribution in [1.29, 1.82) is 0 Å². The van der Waals surface area contributed by atoms with E-state index in [0.717, 1.165) is 22.0 Å². The predicted molar refractivity (Wildman–Crippen MR) is 123 cm³/mol. The number of H-pyrrole nitrogens is 2. The zero-order valence-corrected chi connectivity index (χ0v) is 19.0. The Balaban J connectivity index is 1.47. The van der Waals surface area contributed by atoms with Crippen molar-refractivity contribution < 1.29 is 0 Å². The van der Waals surface area contributed by atoms with Gasteiger partial charge in [0.1, 0.15) is 0 Å². The van der Waals surface area contributed by atoms with Gasteiger partial charge in [0.25, 0.3) is 0 Å². The van der Waals surface area contributed by atoms with Crippen molar-refractivity contribution in [3.63, 3.8) is 0 Å². The van der Waals surface area contributed by atoms with Gasteiger partial charge in [-0.25, -0.2) is 0 Å². The summed E-state index contributed by atoms with van der Waals surface area (Å²) in [6.45, 7) is 1.99. The highest BCUT2D eigenvalue weighted by Crippen LogP contribution is 2.38. The monoisotopic (exact) mass is 500 g/mol. The number of aromatic amines is 2. The predicted octanol–water partition coefficient (Wildman–Crippen LogP) is 5.83. The lowest BCUT2D eigenvalue weighted by atomic mass is 9.96. The number of hydrogen-bond acceptors (Lipinski definition) is 2. The second-order valence-corrected chi connectivity index (χ2v) is 9.61. The molecule has 3 heterocycles. The van der Waals surface area contributed by atoms with Crippen LogP contribution < -0.4 is 0 Å². The Kier molecular flexibility index (Phi) is 4.62. The smallest absolute Gasteiger partial charge is 0.0494 e. The molecule has 0 spiro atoms. The molecule has 1 aliphatic rings. The Morgan fingerprint density at radius 2 is 1.18 bits per heavy atom. The van der Waals surface area contributed by atoms with Gasteiger partial charge >= 0.3 is 0 Å². The Hall–Kier alpha value is -1.60. The van der Waals surface area contributed by atoms with Crippen LogP contribution in [0.15, 0.2) is 57.7 Å². The topological polar surface area (TPSA) is 38.1 Å². The number of halogens is 2. The first kappa shape index (κ1) is 18.4. The van der Waals surface area contributed by atoms with E-state index in [2.05, 4.69) is 115 Å². The molecule has 28 heavy (non-hydrogen) atoms. The first-order valence-corrected chi connectivity index (χ1v) is 11.0. The molecule has 1 saturated heterocycles. The maximum atomic E-state index is 3.57. The third-order valence-corrected chi connectivity index (χ3v) is 7.04. The van der Waals surface area contributed by atoms with Crippen LogP contribution in [0.3, 0.4) is 0 Å². The average Bonchev–Trinajstić information content (AvgIpc) is 3.26. The molecular weight excluding hydrogens is 480 g/mol.